The molecule has 0 amide bonds. The van der Waals surface area contributed by atoms with Crippen LogP contribution in [-0.4, -0.2) is 49.5 Å². The number of unbranched alkanes of at least 4 members (excludes halogenated alkanes) is 1. The summed E-state index contributed by atoms with van der Waals surface area (Å²) in [4.78, 5) is 66.8. The first-order chi connectivity index (χ1) is 10.2. The molecular weight excluding hydrogens is 368 g/mol. The first kappa shape index (κ1) is 63.8. The number of hydrogen-bond acceptors (Lipinski definition) is 8. The van der Waals surface area contributed by atoms with Crippen LogP contribution >= 0.6 is 0 Å². The van der Waals surface area contributed by atoms with Gasteiger partial charge in [0.2, 0.25) is 0 Å². The number of hydrogen-bond donors (Lipinski definition) is 0. The van der Waals surface area contributed by atoms with E-state index in [0.717, 1.165) is 12.6 Å². The predicted molar refractivity (Wildman–Crippen MR) is 116 cm³/mol. The fourth-order valence-electron chi connectivity index (χ4n) is 0.651. The van der Waals surface area contributed by atoms with Gasteiger partial charge in [0, 0.05) is 25.7 Å². The lowest BCUT2D eigenvalue weighted by atomic mass is 10.2. The summed E-state index contributed by atoms with van der Waals surface area (Å²) in [6, 6.07) is 0. The Kier molecular flexibility index (Phi) is 169. The summed E-state index contributed by atoms with van der Waals surface area (Å²) in [5.74, 6) is 0. The molecule has 8 nitrogen and oxygen atoms in total. The van der Waals surface area contributed by atoms with E-state index in [2.05, 4.69) is 0 Å². The summed E-state index contributed by atoms with van der Waals surface area (Å²) in [5.41, 5.74) is 0.363. The summed E-state index contributed by atoms with van der Waals surface area (Å²) in [6.07, 6.45) is 6.96. The fraction of sp³-hybridized carbons (Fsp3) is 0.550. The van der Waals surface area contributed by atoms with Gasteiger partial charge in [0.1, 0.15) is 44.0 Å². The van der Waals surface area contributed by atoms with E-state index in [-0.39, 0.29) is 69.3 Å². The molecule has 0 aliphatic heterocycles. The maximum Gasteiger partial charge on any atom is 0.146 e. The first-order valence-electron chi connectivity index (χ1n) is 5.94. The van der Waals surface area contributed by atoms with Crippen molar-refractivity contribution in [3.63, 3.8) is 0 Å². The van der Waals surface area contributed by atoms with Gasteiger partial charge in [-0.3, -0.25) is 4.79 Å². The van der Waals surface area contributed by atoms with E-state index < -0.39 is 0 Å². The summed E-state index contributed by atoms with van der Waals surface area (Å²) in [5, 5.41) is 0. The molecule has 28 heavy (non-hydrogen) atoms. The quantitative estimate of drug-likeness (QED) is 0.227. The highest BCUT2D eigenvalue weighted by Crippen LogP contribution is 1.94. The summed E-state index contributed by atoms with van der Waals surface area (Å²) in [7, 11) is 0. The number of aldehydes is 7. The Morgan fingerprint density at radius 1 is 0.500 bits per heavy atom. The van der Waals surface area contributed by atoms with Gasteiger partial charge in [-0.2, -0.15) is 0 Å². The second kappa shape index (κ2) is 74.4. The van der Waals surface area contributed by atoms with Crippen molar-refractivity contribution in [2.75, 3.05) is 0 Å². The number of rotatable bonds is 10. The standard InChI is InChI=1S/C7H8O3.C4H6O2.C3H4O2.6CH4.H2O/c8-4-1-2-7(6-10)3-5-9;5-3-1-2-4-6;4-2-1-3-5;;;;;;;/h2,4-6H,1,3H2;3-4H,1-2H2;2-3H,1H2;6*1H4;1H2/p-1. The van der Waals surface area contributed by atoms with Gasteiger partial charge in [0.15, 0.2) is 0 Å². The molecule has 1 N–H and O–H groups in total. The Hall–Kier alpha value is -2.61. The first-order valence-corrected chi connectivity index (χ1v) is 5.94. The fourth-order valence-corrected chi connectivity index (χ4v) is 0.651. The molecule has 0 aliphatic carbocycles. The lowest BCUT2D eigenvalue weighted by molar-refractivity contribution is -0.114. The van der Waals surface area contributed by atoms with Gasteiger partial charge in [-0.05, 0) is 5.57 Å². The molecule has 0 fully saturated rings. The van der Waals surface area contributed by atoms with Crippen LogP contribution in [0, 0.1) is 0 Å². The van der Waals surface area contributed by atoms with E-state index in [1.54, 1.807) is 0 Å². The minimum atomic E-state index is 0. The van der Waals surface area contributed by atoms with Crippen LogP contribution in [0.2, 0.25) is 0 Å². The van der Waals surface area contributed by atoms with Gasteiger partial charge >= 0.3 is 0 Å². The molecule has 0 heterocycles. The molecule has 0 atom stereocenters. The zero-order chi connectivity index (χ0) is 16.8. The van der Waals surface area contributed by atoms with Crippen molar-refractivity contribution >= 4 is 44.0 Å². The van der Waals surface area contributed by atoms with Crippen molar-refractivity contribution in [2.24, 2.45) is 0 Å². The highest BCUT2D eigenvalue weighted by atomic mass is 16.1. The molecule has 0 saturated carbocycles. The topological polar surface area (TPSA) is 149 Å². The average molecular weight is 412 g/mol. The van der Waals surface area contributed by atoms with Gasteiger partial charge in [-0.25, -0.2) is 0 Å². The molecule has 0 spiro atoms. The minimum absolute atomic E-state index is 0. The largest absolute Gasteiger partial charge is 0.870 e. The molecule has 0 aliphatic rings. The Balaban J connectivity index is -0.0000000203. The molecule has 0 radical (unpaired) electrons. The second-order valence-electron chi connectivity index (χ2n) is 3.15. The van der Waals surface area contributed by atoms with Crippen molar-refractivity contribution in [3.8, 4) is 0 Å². The van der Waals surface area contributed by atoms with E-state index in [0.29, 0.717) is 49.8 Å². The Morgan fingerprint density at radius 2 is 0.857 bits per heavy atom. The predicted octanol–water partition coefficient (Wildman–Crippen LogP) is 3.87. The van der Waals surface area contributed by atoms with E-state index in [1.807, 2.05) is 0 Å². The van der Waals surface area contributed by atoms with Crippen molar-refractivity contribution in [2.45, 2.75) is 76.7 Å². The van der Waals surface area contributed by atoms with Crippen molar-refractivity contribution in [3.05, 3.63) is 11.6 Å². The molecule has 8 heteroatoms. The minimum Gasteiger partial charge on any atom is -0.870 e. The molecular formula is C20H43O8-. The molecule has 0 saturated heterocycles. The highest BCUT2D eigenvalue weighted by molar-refractivity contribution is 5.79. The monoisotopic (exact) mass is 411 g/mol. The summed E-state index contributed by atoms with van der Waals surface area (Å²) < 4.78 is 0. The smallest absolute Gasteiger partial charge is 0.146 e. The van der Waals surface area contributed by atoms with Crippen molar-refractivity contribution < 1.29 is 39.0 Å². The summed E-state index contributed by atoms with van der Waals surface area (Å²) >= 11 is 0. The van der Waals surface area contributed by atoms with Gasteiger partial charge in [-0.1, -0.05) is 50.6 Å². The van der Waals surface area contributed by atoms with Crippen LogP contribution in [0.5, 0.6) is 0 Å². The van der Waals surface area contributed by atoms with Crippen LogP contribution < -0.4 is 0 Å². The zero-order valence-electron chi connectivity index (χ0n) is 12.0. The van der Waals surface area contributed by atoms with E-state index in [4.69, 9.17) is 0 Å². The third-order valence-electron chi connectivity index (χ3n) is 1.54. The Morgan fingerprint density at radius 3 is 1.04 bits per heavy atom. The van der Waals surface area contributed by atoms with Crippen LogP contribution in [0.15, 0.2) is 11.6 Å². The normalized spacial score (nSPS) is 6.50. The Labute approximate surface area is 172 Å². The summed E-state index contributed by atoms with van der Waals surface area (Å²) in [6.45, 7) is 0. The van der Waals surface area contributed by atoms with E-state index in [9.17, 15) is 33.6 Å². The van der Waals surface area contributed by atoms with Gasteiger partial charge in [-0.15, -0.1) is 0 Å². The average Bonchev–Trinajstić information content (AvgIpc) is 2.51. The number of carbonyl (C=O) groups excluding carboxylic acids is 7. The number of carbonyl (C=O) groups is 7. The van der Waals surface area contributed by atoms with E-state index >= 15 is 0 Å². The molecule has 0 rings (SSSR count). The SMILES string of the molecule is C.C.C.C.C.C.O=CCC=C(C=O)CC=O.O=CCC=O.O=CCCC=O.[OH-]. The maximum atomic E-state index is 10.1. The van der Waals surface area contributed by atoms with Crippen LogP contribution in [0.4, 0.5) is 0 Å². The van der Waals surface area contributed by atoms with Crippen LogP contribution in [0.25, 0.3) is 0 Å². The molecule has 0 aromatic heterocycles. The second-order valence-corrected chi connectivity index (χ2v) is 3.15. The third-order valence-corrected chi connectivity index (χ3v) is 1.54. The van der Waals surface area contributed by atoms with Crippen LogP contribution in [-0.2, 0) is 33.6 Å². The lowest BCUT2D eigenvalue weighted by Gasteiger charge is -1.86. The molecule has 0 aromatic carbocycles. The highest BCUT2D eigenvalue weighted by Gasteiger charge is 1.90. The van der Waals surface area contributed by atoms with E-state index in [1.165, 1.54) is 6.08 Å². The van der Waals surface area contributed by atoms with Gasteiger partial charge < -0.3 is 34.2 Å². The lowest BCUT2D eigenvalue weighted by Crippen LogP contribution is -1.86. The number of allylic oxidation sites excluding steroid dienone is 2. The van der Waals surface area contributed by atoms with Crippen molar-refractivity contribution in [1.82, 2.24) is 0 Å². The van der Waals surface area contributed by atoms with Crippen LogP contribution in [0.3, 0.4) is 0 Å². The van der Waals surface area contributed by atoms with Crippen molar-refractivity contribution in [1.29, 1.82) is 0 Å². The molecule has 0 aromatic rings. The van der Waals surface area contributed by atoms with Gasteiger partial charge in [0.05, 0.1) is 6.42 Å². The third kappa shape index (κ3) is 90.4. The zero-order valence-corrected chi connectivity index (χ0v) is 12.0. The molecule has 172 valence electrons. The maximum absolute atomic E-state index is 10.1. The molecule has 0 unspecified atom stereocenters. The van der Waals surface area contributed by atoms with Crippen LogP contribution in [0.1, 0.15) is 76.7 Å². The molecule has 0 bridgehead atoms. The van der Waals surface area contributed by atoms with Gasteiger partial charge in [0.25, 0.3) is 0 Å². The Bertz CT molecular complexity index is 336.